The molecular formula is C14H14FNO2. The molecule has 0 fully saturated rings. The van der Waals surface area contributed by atoms with Crippen LogP contribution in [0.15, 0.2) is 36.4 Å². The Bertz CT molecular complexity index is 509. The molecule has 0 saturated heterocycles. The van der Waals surface area contributed by atoms with Gasteiger partial charge in [0.1, 0.15) is 5.82 Å². The molecule has 0 amide bonds. The van der Waals surface area contributed by atoms with E-state index in [2.05, 4.69) is 17.1 Å². The van der Waals surface area contributed by atoms with Crippen LogP contribution < -0.4 is 4.90 Å². The van der Waals surface area contributed by atoms with Gasteiger partial charge in [-0.15, -0.1) is 0 Å². The lowest BCUT2D eigenvalue weighted by Gasteiger charge is -2.27. The van der Waals surface area contributed by atoms with E-state index in [1.807, 2.05) is 0 Å². The maximum Gasteiger partial charge on any atom is 0.328 e. The van der Waals surface area contributed by atoms with Crippen molar-refractivity contribution in [1.82, 2.24) is 0 Å². The first-order valence-electron chi connectivity index (χ1n) is 5.77. The molecule has 1 aliphatic rings. The van der Waals surface area contributed by atoms with Gasteiger partial charge in [-0.1, -0.05) is 12.2 Å². The summed E-state index contributed by atoms with van der Waals surface area (Å²) in [5.41, 5.74) is 1.45. The van der Waals surface area contributed by atoms with Crippen molar-refractivity contribution in [2.45, 2.75) is 6.42 Å². The molecule has 1 aromatic rings. The second-order valence-electron chi connectivity index (χ2n) is 4.08. The van der Waals surface area contributed by atoms with E-state index in [-0.39, 0.29) is 5.82 Å². The third-order valence-electron chi connectivity index (χ3n) is 2.79. The van der Waals surface area contributed by atoms with Crippen molar-refractivity contribution in [2.75, 3.05) is 18.0 Å². The molecule has 0 bridgehead atoms. The molecule has 18 heavy (non-hydrogen) atoms. The maximum absolute atomic E-state index is 13.2. The standard InChI is InChI=1S/C14H14FNO2/c15-12-5-6-13(16-8-2-1-3-9-16)11(10-12)4-7-14(17)18/h1-2,4-7,10H,3,8-9H2,(H,17,18)/b7-4+. The van der Waals surface area contributed by atoms with Crippen molar-refractivity contribution in [3.63, 3.8) is 0 Å². The minimum Gasteiger partial charge on any atom is -0.478 e. The fourth-order valence-electron chi connectivity index (χ4n) is 1.97. The molecule has 1 N–H and O–H groups in total. The summed E-state index contributed by atoms with van der Waals surface area (Å²) in [6, 6.07) is 4.44. The third kappa shape index (κ3) is 2.97. The van der Waals surface area contributed by atoms with Crippen LogP contribution in [-0.4, -0.2) is 24.2 Å². The number of anilines is 1. The van der Waals surface area contributed by atoms with E-state index in [4.69, 9.17) is 5.11 Å². The van der Waals surface area contributed by atoms with Gasteiger partial charge in [-0.3, -0.25) is 0 Å². The summed E-state index contributed by atoms with van der Waals surface area (Å²) in [4.78, 5) is 12.6. The number of halogens is 1. The normalized spacial score (nSPS) is 15.3. The van der Waals surface area contributed by atoms with Crippen molar-refractivity contribution in [2.24, 2.45) is 0 Å². The number of hydrogen-bond acceptors (Lipinski definition) is 2. The molecule has 0 spiro atoms. The topological polar surface area (TPSA) is 40.5 Å². The highest BCUT2D eigenvalue weighted by molar-refractivity contribution is 5.87. The van der Waals surface area contributed by atoms with Crippen LogP contribution in [0.3, 0.4) is 0 Å². The molecule has 94 valence electrons. The van der Waals surface area contributed by atoms with Gasteiger partial charge in [-0.2, -0.15) is 0 Å². The highest BCUT2D eigenvalue weighted by Gasteiger charge is 2.11. The number of benzene rings is 1. The molecule has 0 aliphatic carbocycles. The minimum absolute atomic E-state index is 0.364. The van der Waals surface area contributed by atoms with Crippen molar-refractivity contribution >= 4 is 17.7 Å². The van der Waals surface area contributed by atoms with Crippen molar-refractivity contribution in [3.05, 3.63) is 47.8 Å². The summed E-state index contributed by atoms with van der Waals surface area (Å²) < 4.78 is 13.2. The third-order valence-corrected chi connectivity index (χ3v) is 2.79. The average Bonchev–Trinajstić information content (AvgIpc) is 2.37. The lowest BCUT2D eigenvalue weighted by atomic mass is 10.1. The number of carboxylic acids is 1. The van der Waals surface area contributed by atoms with Crippen LogP contribution in [-0.2, 0) is 4.79 Å². The zero-order valence-corrected chi connectivity index (χ0v) is 9.84. The lowest BCUT2D eigenvalue weighted by Crippen LogP contribution is -2.27. The van der Waals surface area contributed by atoms with Crippen LogP contribution in [0.2, 0.25) is 0 Å². The second-order valence-corrected chi connectivity index (χ2v) is 4.08. The van der Waals surface area contributed by atoms with Gasteiger partial charge in [0.15, 0.2) is 0 Å². The molecule has 3 nitrogen and oxygen atoms in total. The van der Waals surface area contributed by atoms with Gasteiger partial charge in [0.05, 0.1) is 0 Å². The minimum atomic E-state index is -1.04. The summed E-state index contributed by atoms with van der Waals surface area (Å²) in [5, 5.41) is 8.64. The Morgan fingerprint density at radius 2 is 2.22 bits per heavy atom. The Balaban J connectivity index is 2.33. The number of rotatable bonds is 3. The van der Waals surface area contributed by atoms with E-state index >= 15 is 0 Å². The van der Waals surface area contributed by atoms with Gasteiger partial charge in [0.25, 0.3) is 0 Å². The van der Waals surface area contributed by atoms with Gasteiger partial charge < -0.3 is 10.0 Å². The summed E-state index contributed by atoms with van der Waals surface area (Å²) in [6.07, 6.45) is 7.56. The Morgan fingerprint density at radius 1 is 1.39 bits per heavy atom. The van der Waals surface area contributed by atoms with E-state index in [0.29, 0.717) is 5.56 Å². The van der Waals surface area contributed by atoms with E-state index in [9.17, 15) is 9.18 Å². The van der Waals surface area contributed by atoms with Gasteiger partial charge in [-0.25, -0.2) is 9.18 Å². The quantitative estimate of drug-likeness (QED) is 0.659. The average molecular weight is 247 g/mol. The van der Waals surface area contributed by atoms with Gasteiger partial charge in [0.2, 0.25) is 0 Å². The lowest BCUT2D eigenvalue weighted by molar-refractivity contribution is -0.131. The summed E-state index contributed by atoms with van der Waals surface area (Å²) in [5.74, 6) is -1.40. The van der Waals surface area contributed by atoms with E-state index in [1.54, 1.807) is 6.07 Å². The second kappa shape index (κ2) is 5.49. The molecular weight excluding hydrogens is 233 g/mol. The SMILES string of the molecule is O=C(O)/C=C/c1cc(F)ccc1N1CC=CCC1. The number of hydrogen-bond donors (Lipinski definition) is 1. The molecule has 1 heterocycles. The first-order chi connectivity index (χ1) is 8.66. The number of carboxylic acid groups (broad SMARTS) is 1. The Labute approximate surface area is 105 Å². The van der Waals surface area contributed by atoms with Gasteiger partial charge in [0, 0.05) is 30.4 Å². The zero-order chi connectivity index (χ0) is 13.0. The summed E-state index contributed by atoms with van der Waals surface area (Å²) in [7, 11) is 0. The number of nitrogens with zero attached hydrogens (tertiary/aromatic N) is 1. The van der Waals surface area contributed by atoms with Crippen LogP contribution in [0.25, 0.3) is 6.08 Å². The largest absolute Gasteiger partial charge is 0.478 e. The fourth-order valence-corrected chi connectivity index (χ4v) is 1.97. The van der Waals surface area contributed by atoms with Crippen LogP contribution in [0, 0.1) is 5.82 Å². The Hall–Kier alpha value is -2.10. The highest BCUT2D eigenvalue weighted by Crippen LogP contribution is 2.24. The molecule has 0 radical (unpaired) electrons. The number of carbonyl (C=O) groups is 1. The van der Waals surface area contributed by atoms with Crippen LogP contribution in [0.4, 0.5) is 10.1 Å². The van der Waals surface area contributed by atoms with Crippen LogP contribution in [0.1, 0.15) is 12.0 Å². The van der Waals surface area contributed by atoms with Gasteiger partial charge >= 0.3 is 5.97 Å². The molecule has 0 atom stereocenters. The predicted molar refractivity (Wildman–Crippen MR) is 69.0 cm³/mol. The van der Waals surface area contributed by atoms with Gasteiger partial charge in [-0.05, 0) is 30.7 Å². The summed E-state index contributed by atoms with van der Waals surface area (Å²) in [6.45, 7) is 1.62. The molecule has 1 aliphatic heterocycles. The van der Waals surface area contributed by atoms with Crippen molar-refractivity contribution in [1.29, 1.82) is 0 Å². The fraction of sp³-hybridized carbons (Fsp3) is 0.214. The zero-order valence-electron chi connectivity index (χ0n) is 9.84. The van der Waals surface area contributed by atoms with Crippen LogP contribution in [0.5, 0.6) is 0 Å². The first kappa shape index (κ1) is 12.4. The number of aliphatic carboxylic acids is 1. The molecule has 0 saturated carbocycles. The molecule has 0 unspecified atom stereocenters. The Kier molecular flexibility index (Phi) is 3.77. The molecule has 1 aromatic carbocycles. The van der Waals surface area contributed by atoms with Crippen LogP contribution >= 0.6 is 0 Å². The molecule has 4 heteroatoms. The molecule has 0 aromatic heterocycles. The van der Waals surface area contributed by atoms with E-state index in [1.165, 1.54) is 18.2 Å². The smallest absolute Gasteiger partial charge is 0.328 e. The Morgan fingerprint density at radius 3 is 2.89 bits per heavy atom. The van der Waals surface area contributed by atoms with E-state index < -0.39 is 5.97 Å². The highest BCUT2D eigenvalue weighted by atomic mass is 19.1. The van der Waals surface area contributed by atoms with Crippen molar-refractivity contribution < 1.29 is 14.3 Å². The van der Waals surface area contributed by atoms with Crippen molar-refractivity contribution in [3.8, 4) is 0 Å². The first-order valence-corrected chi connectivity index (χ1v) is 5.77. The predicted octanol–water partition coefficient (Wildman–Crippen LogP) is 2.69. The van der Waals surface area contributed by atoms with E-state index in [0.717, 1.165) is 31.3 Å². The maximum atomic E-state index is 13.2. The monoisotopic (exact) mass is 247 g/mol. The summed E-state index contributed by atoms with van der Waals surface area (Å²) >= 11 is 0. The molecule has 2 rings (SSSR count).